The molecule has 0 aromatic carbocycles. The molecule has 108 valence electrons. The Balaban J connectivity index is 2.60. The molecule has 1 heterocycles. The Hall–Kier alpha value is 0.220. The molecule has 2 unspecified atom stereocenters. The van der Waals surface area contributed by atoms with E-state index >= 15 is 0 Å². The third-order valence-electron chi connectivity index (χ3n) is 3.45. The predicted molar refractivity (Wildman–Crippen MR) is 79.6 cm³/mol. The van der Waals surface area contributed by atoms with Crippen LogP contribution in [-0.2, 0) is 9.84 Å². The summed E-state index contributed by atoms with van der Waals surface area (Å²) in [4.78, 5) is 2.16. The maximum Gasteiger partial charge on any atom is 0.166 e. The van der Waals surface area contributed by atoms with Gasteiger partial charge in [0.15, 0.2) is 9.84 Å². The molecule has 1 aliphatic heterocycles. The van der Waals surface area contributed by atoms with Crippen LogP contribution in [0.3, 0.4) is 0 Å². The Labute approximate surface area is 116 Å². The van der Waals surface area contributed by atoms with Gasteiger partial charge in [-0.2, -0.15) is 11.8 Å². The van der Waals surface area contributed by atoms with Crippen LogP contribution >= 0.6 is 11.8 Å². The molecule has 0 aromatic heterocycles. The van der Waals surface area contributed by atoms with Gasteiger partial charge in [0.25, 0.3) is 0 Å². The van der Waals surface area contributed by atoms with Crippen LogP contribution in [0, 0.1) is 5.92 Å². The van der Waals surface area contributed by atoms with Crippen molar-refractivity contribution in [2.45, 2.75) is 32.1 Å². The summed E-state index contributed by atoms with van der Waals surface area (Å²) in [6, 6.07) is 0. The van der Waals surface area contributed by atoms with Crippen LogP contribution in [0.4, 0.5) is 0 Å². The van der Waals surface area contributed by atoms with Crippen molar-refractivity contribution in [1.82, 2.24) is 4.90 Å². The number of nitrogens with zero attached hydrogens (tertiary/aromatic N) is 1. The second-order valence-corrected chi connectivity index (χ2v) is 8.61. The molecule has 1 aliphatic rings. The normalized spacial score (nSPS) is 24.1. The first-order valence-electron chi connectivity index (χ1n) is 6.74. The molecule has 6 heteroatoms. The van der Waals surface area contributed by atoms with Gasteiger partial charge in [-0.05, 0) is 25.3 Å². The molecule has 0 radical (unpaired) electrons. The van der Waals surface area contributed by atoms with Crippen molar-refractivity contribution >= 4 is 21.6 Å². The van der Waals surface area contributed by atoms with Gasteiger partial charge in [-0.1, -0.05) is 13.8 Å². The Morgan fingerprint density at radius 3 is 2.83 bits per heavy atom. The summed E-state index contributed by atoms with van der Waals surface area (Å²) in [6.45, 7) is 6.42. The van der Waals surface area contributed by atoms with Crippen molar-refractivity contribution in [2.24, 2.45) is 11.7 Å². The molecule has 0 amide bonds. The SMILES string of the molecule is CCS(=O)(=O)C1CSCCN1CC(C)CCCN. The topological polar surface area (TPSA) is 63.4 Å². The number of hydrogen-bond acceptors (Lipinski definition) is 5. The zero-order valence-corrected chi connectivity index (χ0v) is 13.1. The minimum Gasteiger partial charge on any atom is -0.330 e. The summed E-state index contributed by atoms with van der Waals surface area (Å²) in [7, 11) is -2.96. The first kappa shape index (κ1) is 16.3. The highest BCUT2D eigenvalue weighted by Crippen LogP contribution is 2.23. The first-order valence-corrected chi connectivity index (χ1v) is 9.61. The van der Waals surface area contributed by atoms with Crippen LogP contribution in [-0.4, -0.2) is 55.6 Å². The quantitative estimate of drug-likeness (QED) is 0.763. The Kier molecular flexibility index (Phi) is 6.98. The average molecular weight is 294 g/mol. The number of rotatable bonds is 7. The van der Waals surface area contributed by atoms with Crippen molar-refractivity contribution in [3.63, 3.8) is 0 Å². The van der Waals surface area contributed by atoms with Crippen LogP contribution in [0.25, 0.3) is 0 Å². The van der Waals surface area contributed by atoms with Crippen LogP contribution in [0.15, 0.2) is 0 Å². The van der Waals surface area contributed by atoms with Crippen molar-refractivity contribution in [2.75, 3.05) is 36.9 Å². The van der Waals surface area contributed by atoms with Crippen LogP contribution in [0.1, 0.15) is 26.7 Å². The van der Waals surface area contributed by atoms with Gasteiger partial charge < -0.3 is 5.73 Å². The lowest BCUT2D eigenvalue weighted by Crippen LogP contribution is -2.49. The first-order chi connectivity index (χ1) is 8.51. The van der Waals surface area contributed by atoms with E-state index in [1.807, 2.05) is 0 Å². The molecule has 18 heavy (non-hydrogen) atoms. The lowest BCUT2D eigenvalue weighted by atomic mass is 10.1. The summed E-state index contributed by atoms with van der Waals surface area (Å²) in [5.74, 6) is 2.52. The van der Waals surface area contributed by atoms with E-state index in [0.717, 1.165) is 44.0 Å². The molecule has 0 spiro atoms. The summed E-state index contributed by atoms with van der Waals surface area (Å²) in [5, 5.41) is -0.276. The van der Waals surface area contributed by atoms with Gasteiger partial charge in [0, 0.05) is 30.3 Å². The maximum atomic E-state index is 12.1. The molecule has 0 saturated carbocycles. The molecular weight excluding hydrogens is 268 g/mol. The number of thioether (sulfide) groups is 1. The molecule has 0 bridgehead atoms. The average Bonchev–Trinajstić information content (AvgIpc) is 2.37. The van der Waals surface area contributed by atoms with Gasteiger partial charge in [-0.25, -0.2) is 8.42 Å². The molecule has 2 N–H and O–H groups in total. The fourth-order valence-corrected chi connectivity index (χ4v) is 5.40. The summed E-state index contributed by atoms with van der Waals surface area (Å²) >= 11 is 1.75. The smallest absolute Gasteiger partial charge is 0.166 e. The standard InChI is InChI=1S/C12H26N2O2S2/c1-3-18(15,16)12-10-17-8-7-14(12)9-11(2)5-4-6-13/h11-12H,3-10,13H2,1-2H3. The van der Waals surface area contributed by atoms with E-state index in [9.17, 15) is 8.42 Å². The summed E-state index contributed by atoms with van der Waals surface area (Å²) in [6.07, 6.45) is 2.11. The van der Waals surface area contributed by atoms with Crippen molar-refractivity contribution in [3.8, 4) is 0 Å². The largest absolute Gasteiger partial charge is 0.330 e. The van der Waals surface area contributed by atoms with Crippen LogP contribution in [0.5, 0.6) is 0 Å². The Morgan fingerprint density at radius 2 is 2.22 bits per heavy atom. The molecule has 0 aliphatic carbocycles. The van der Waals surface area contributed by atoms with E-state index in [1.54, 1.807) is 18.7 Å². The van der Waals surface area contributed by atoms with Gasteiger partial charge in [-0.3, -0.25) is 4.90 Å². The number of sulfone groups is 1. The van der Waals surface area contributed by atoms with Gasteiger partial charge >= 0.3 is 0 Å². The Bertz CT molecular complexity index is 333. The van der Waals surface area contributed by atoms with Crippen molar-refractivity contribution in [3.05, 3.63) is 0 Å². The molecule has 0 aromatic rings. The monoisotopic (exact) mass is 294 g/mol. The zero-order valence-electron chi connectivity index (χ0n) is 11.5. The van der Waals surface area contributed by atoms with Gasteiger partial charge in [-0.15, -0.1) is 0 Å². The minimum absolute atomic E-state index is 0.242. The number of nitrogens with two attached hydrogens (primary N) is 1. The highest BCUT2D eigenvalue weighted by atomic mass is 32.2. The third-order valence-corrected chi connectivity index (χ3v) is 6.79. The molecule has 1 saturated heterocycles. The third kappa shape index (κ3) is 4.72. The minimum atomic E-state index is -2.96. The number of hydrogen-bond donors (Lipinski definition) is 1. The maximum absolute atomic E-state index is 12.1. The Morgan fingerprint density at radius 1 is 1.50 bits per heavy atom. The molecular formula is C12H26N2O2S2. The van der Waals surface area contributed by atoms with Crippen LogP contribution in [0.2, 0.25) is 0 Å². The van der Waals surface area contributed by atoms with Crippen LogP contribution < -0.4 is 5.73 Å². The van der Waals surface area contributed by atoms with E-state index in [-0.39, 0.29) is 11.1 Å². The molecule has 1 rings (SSSR count). The van der Waals surface area contributed by atoms with E-state index in [1.165, 1.54) is 0 Å². The molecule has 4 nitrogen and oxygen atoms in total. The van der Waals surface area contributed by atoms with E-state index in [4.69, 9.17) is 5.73 Å². The van der Waals surface area contributed by atoms with E-state index < -0.39 is 9.84 Å². The van der Waals surface area contributed by atoms with Crippen molar-refractivity contribution < 1.29 is 8.42 Å². The zero-order chi connectivity index (χ0) is 13.6. The second kappa shape index (κ2) is 7.72. The summed E-state index contributed by atoms with van der Waals surface area (Å²) < 4.78 is 24.2. The lowest BCUT2D eigenvalue weighted by molar-refractivity contribution is 0.227. The fraction of sp³-hybridized carbons (Fsp3) is 1.00. The van der Waals surface area contributed by atoms with E-state index in [2.05, 4.69) is 11.8 Å². The van der Waals surface area contributed by atoms with Crippen molar-refractivity contribution in [1.29, 1.82) is 0 Å². The second-order valence-electron chi connectivity index (χ2n) is 5.01. The van der Waals surface area contributed by atoms with Gasteiger partial charge in [0.2, 0.25) is 0 Å². The highest BCUT2D eigenvalue weighted by molar-refractivity contribution is 8.01. The highest BCUT2D eigenvalue weighted by Gasteiger charge is 2.33. The molecule has 1 fully saturated rings. The fourth-order valence-electron chi connectivity index (χ4n) is 2.31. The van der Waals surface area contributed by atoms with Gasteiger partial charge in [0.1, 0.15) is 5.37 Å². The van der Waals surface area contributed by atoms with E-state index in [0.29, 0.717) is 5.92 Å². The summed E-state index contributed by atoms with van der Waals surface area (Å²) in [5.41, 5.74) is 5.52. The van der Waals surface area contributed by atoms with Gasteiger partial charge in [0.05, 0.1) is 0 Å². The lowest BCUT2D eigenvalue weighted by Gasteiger charge is -2.36. The molecule has 2 atom stereocenters. The predicted octanol–water partition coefficient (Wildman–Crippen LogP) is 1.17.